The number of hydrogen-bond donors (Lipinski definition) is 1. The first-order valence-corrected chi connectivity index (χ1v) is 10.6. The Bertz CT molecular complexity index is 815. The molecule has 29 heavy (non-hydrogen) atoms. The van der Waals surface area contributed by atoms with Crippen molar-refractivity contribution in [3.05, 3.63) is 40.3 Å². The number of oxazole rings is 1. The van der Waals surface area contributed by atoms with Crippen molar-refractivity contribution in [2.75, 3.05) is 33.7 Å². The van der Waals surface area contributed by atoms with Gasteiger partial charge in [-0.1, -0.05) is 11.6 Å². The van der Waals surface area contributed by atoms with E-state index >= 15 is 0 Å². The molecule has 2 aromatic heterocycles. The monoisotopic (exact) mass is 420 g/mol. The van der Waals surface area contributed by atoms with Crippen LogP contribution >= 0.6 is 11.6 Å². The Kier molecular flexibility index (Phi) is 7.24. The lowest BCUT2D eigenvalue weighted by Crippen LogP contribution is -2.43. The van der Waals surface area contributed by atoms with Crippen LogP contribution in [0.25, 0.3) is 0 Å². The highest BCUT2D eigenvalue weighted by Crippen LogP contribution is 2.19. The highest BCUT2D eigenvalue weighted by molar-refractivity contribution is 6.30. The number of nitrogens with zero attached hydrogens (tertiary/aromatic N) is 5. The lowest BCUT2D eigenvalue weighted by Gasteiger charge is -2.32. The van der Waals surface area contributed by atoms with Crippen molar-refractivity contribution < 1.29 is 4.42 Å². The number of aryl methyl sites for hydroxylation is 3. The van der Waals surface area contributed by atoms with Crippen molar-refractivity contribution in [2.24, 2.45) is 18.0 Å². The molecule has 3 rings (SSSR count). The van der Waals surface area contributed by atoms with Gasteiger partial charge in [0.15, 0.2) is 5.96 Å². The van der Waals surface area contributed by atoms with Crippen LogP contribution in [-0.2, 0) is 20.1 Å². The van der Waals surface area contributed by atoms with Crippen LogP contribution in [0.15, 0.2) is 21.7 Å². The third kappa shape index (κ3) is 5.76. The minimum Gasteiger partial charge on any atom is -0.444 e. The van der Waals surface area contributed by atoms with Crippen molar-refractivity contribution in [1.29, 1.82) is 0 Å². The van der Waals surface area contributed by atoms with Gasteiger partial charge in [-0.2, -0.15) is 0 Å². The van der Waals surface area contributed by atoms with E-state index in [1.807, 2.05) is 40.2 Å². The summed E-state index contributed by atoms with van der Waals surface area (Å²) in [4.78, 5) is 13.5. The average molecular weight is 421 g/mol. The highest BCUT2D eigenvalue weighted by Gasteiger charge is 2.21. The van der Waals surface area contributed by atoms with Gasteiger partial charge in [0.05, 0.1) is 23.8 Å². The Hall–Kier alpha value is -1.99. The Morgan fingerprint density at radius 2 is 2.10 bits per heavy atom. The fourth-order valence-electron chi connectivity index (χ4n) is 3.81. The molecule has 0 unspecified atom stereocenters. The van der Waals surface area contributed by atoms with Crippen LogP contribution in [-0.4, -0.2) is 59.0 Å². The molecule has 1 N–H and O–H groups in total. The zero-order valence-corrected chi connectivity index (χ0v) is 19.0. The first-order valence-electron chi connectivity index (χ1n) is 10.2. The summed E-state index contributed by atoms with van der Waals surface area (Å²) >= 11 is 6.10. The molecule has 1 saturated heterocycles. The van der Waals surface area contributed by atoms with Gasteiger partial charge < -0.3 is 19.2 Å². The summed E-state index contributed by atoms with van der Waals surface area (Å²) < 4.78 is 7.78. The van der Waals surface area contributed by atoms with Gasteiger partial charge in [-0.3, -0.25) is 9.89 Å². The maximum Gasteiger partial charge on any atom is 0.208 e. The standard InChI is InChI=1S/C21H33ClN6O/c1-15-16(2)29-20(25-15)14-28-8-6-17(7-9-28)11-24-21(23-3)27(5)13-19-10-18(22)12-26(19)4/h10,12,17H,6-9,11,13-14H2,1-5H3,(H,23,24). The molecule has 1 fully saturated rings. The van der Waals surface area contributed by atoms with E-state index in [1.165, 1.54) is 12.8 Å². The lowest BCUT2D eigenvalue weighted by molar-refractivity contribution is 0.163. The number of halogens is 1. The predicted molar refractivity (Wildman–Crippen MR) is 117 cm³/mol. The summed E-state index contributed by atoms with van der Waals surface area (Å²) in [6.45, 7) is 8.62. The number of guanidine groups is 1. The number of nitrogens with one attached hydrogen (secondary N) is 1. The topological polar surface area (TPSA) is 61.8 Å². The molecule has 160 valence electrons. The van der Waals surface area contributed by atoms with E-state index < -0.39 is 0 Å². The number of aromatic nitrogens is 2. The molecule has 0 amide bonds. The van der Waals surface area contributed by atoms with Crippen molar-refractivity contribution >= 4 is 17.6 Å². The van der Waals surface area contributed by atoms with E-state index in [2.05, 4.69) is 36.7 Å². The van der Waals surface area contributed by atoms with Gasteiger partial charge in [0.25, 0.3) is 0 Å². The normalized spacial score (nSPS) is 16.4. The average Bonchev–Trinajstić information content (AvgIpc) is 3.16. The van der Waals surface area contributed by atoms with Crippen LogP contribution in [0.2, 0.25) is 5.02 Å². The van der Waals surface area contributed by atoms with E-state index in [9.17, 15) is 0 Å². The summed E-state index contributed by atoms with van der Waals surface area (Å²) in [5.74, 6) is 3.32. The van der Waals surface area contributed by atoms with Crippen LogP contribution in [0.5, 0.6) is 0 Å². The second-order valence-corrected chi connectivity index (χ2v) is 8.45. The summed E-state index contributed by atoms with van der Waals surface area (Å²) in [7, 11) is 5.90. The fraction of sp³-hybridized carbons (Fsp3) is 0.619. The predicted octanol–water partition coefficient (Wildman–Crippen LogP) is 3.20. The van der Waals surface area contributed by atoms with Crippen LogP contribution in [0.1, 0.15) is 35.9 Å². The molecule has 0 aromatic carbocycles. The number of hydrogen-bond acceptors (Lipinski definition) is 4. The molecule has 0 saturated carbocycles. The molecular formula is C21H33ClN6O. The minimum absolute atomic E-state index is 0.647. The molecule has 0 radical (unpaired) electrons. The third-order valence-corrected chi connectivity index (χ3v) is 5.94. The highest BCUT2D eigenvalue weighted by atomic mass is 35.5. The molecule has 0 aliphatic carbocycles. The van der Waals surface area contributed by atoms with E-state index in [0.717, 1.165) is 66.7 Å². The summed E-state index contributed by atoms with van der Waals surface area (Å²) in [5, 5.41) is 4.31. The molecule has 1 aliphatic heterocycles. The number of likely N-dealkylation sites (tertiary alicyclic amines) is 1. The summed E-state index contributed by atoms with van der Waals surface area (Å²) in [6.07, 6.45) is 4.26. The maximum atomic E-state index is 6.10. The molecule has 3 heterocycles. The molecule has 0 bridgehead atoms. The van der Waals surface area contributed by atoms with Gasteiger partial charge in [-0.05, 0) is 51.8 Å². The number of aliphatic imine (C=N–C) groups is 1. The lowest BCUT2D eigenvalue weighted by atomic mass is 9.97. The Balaban J connectivity index is 1.43. The van der Waals surface area contributed by atoms with E-state index in [0.29, 0.717) is 5.92 Å². The van der Waals surface area contributed by atoms with Crippen LogP contribution < -0.4 is 5.32 Å². The van der Waals surface area contributed by atoms with Crippen molar-refractivity contribution in [3.8, 4) is 0 Å². The van der Waals surface area contributed by atoms with Crippen molar-refractivity contribution in [2.45, 2.75) is 39.8 Å². The van der Waals surface area contributed by atoms with E-state index in [4.69, 9.17) is 16.0 Å². The Morgan fingerprint density at radius 3 is 2.66 bits per heavy atom. The Morgan fingerprint density at radius 1 is 1.38 bits per heavy atom. The quantitative estimate of drug-likeness (QED) is 0.574. The number of rotatable bonds is 6. The third-order valence-electron chi connectivity index (χ3n) is 5.73. The van der Waals surface area contributed by atoms with Crippen LogP contribution in [0.4, 0.5) is 0 Å². The van der Waals surface area contributed by atoms with Gasteiger partial charge in [-0.25, -0.2) is 4.98 Å². The Labute approximate surface area is 178 Å². The molecule has 7 nitrogen and oxygen atoms in total. The van der Waals surface area contributed by atoms with Crippen LogP contribution in [0, 0.1) is 19.8 Å². The van der Waals surface area contributed by atoms with E-state index in [-0.39, 0.29) is 0 Å². The number of piperidine rings is 1. The molecule has 2 aromatic rings. The smallest absolute Gasteiger partial charge is 0.208 e. The first kappa shape index (κ1) is 21.7. The molecule has 0 atom stereocenters. The fourth-order valence-corrected chi connectivity index (χ4v) is 4.08. The zero-order valence-electron chi connectivity index (χ0n) is 18.2. The van der Waals surface area contributed by atoms with Crippen LogP contribution in [0.3, 0.4) is 0 Å². The molecule has 1 aliphatic rings. The molecular weight excluding hydrogens is 388 g/mol. The molecule has 0 spiro atoms. The van der Waals surface area contributed by atoms with Gasteiger partial charge in [-0.15, -0.1) is 0 Å². The van der Waals surface area contributed by atoms with Crippen molar-refractivity contribution in [3.63, 3.8) is 0 Å². The molecule has 8 heteroatoms. The summed E-state index contributed by atoms with van der Waals surface area (Å²) in [5.41, 5.74) is 2.15. The summed E-state index contributed by atoms with van der Waals surface area (Å²) in [6, 6.07) is 2.00. The first-order chi connectivity index (χ1) is 13.9. The maximum absolute atomic E-state index is 6.10. The van der Waals surface area contributed by atoms with Gasteiger partial charge in [0.1, 0.15) is 5.76 Å². The van der Waals surface area contributed by atoms with Crippen molar-refractivity contribution in [1.82, 2.24) is 24.7 Å². The zero-order chi connectivity index (χ0) is 21.0. The second-order valence-electron chi connectivity index (χ2n) is 8.01. The second kappa shape index (κ2) is 9.67. The van der Waals surface area contributed by atoms with E-state index in [1.54, 1.807) is 0 Å². The SMILES string of the molecule is CN=C(NCC1CCN(Cc2nc(C)c(C)o2)CC1)N(C)Cc1cc(Cl)cn1C. The van der Waals surface area contributed by atoms with Gasteiger partial charge in [0, 0.05) is 39.6 Å². The van der Waals surface area contributed by atoms with Gasteiger partial charge >= 0.3 is 0 Å². The minimum atomic E-state index is 0.647. The largest absolute Gasteiger partial charge is 0.444 e. The van der Waals surface area contributed by atoms with Gasteiger partial charge in [0.2, 0.25) is 5.89 Å².